The van der Waals surface area contributed by atoms with Crippen LogP contribution in [0.25, 0.3) is 6.08 Å². The standard InChI is InChI=1S/C14H10ClNO2S2/c1-10-2-5-12(19-10)8-14(9-16)20(17,18)13-6-3-11(15)4-7-13/h2-8H,1H3/b14-8+. The van der Waals surface area contributed by atoms with Gasteiger partial charge in [-0.3, -0.25) is 0 Å². The first-order chi connectivity index (χ1) is 9.43. The highest BCUT2D eigenvalue weighted by Gasteiger charge is 2.20. The smallest absolute Gasteiger partial charge is 0.216 e. The van der Waals surface area contributed by atoms with E-state index in [0.29, 0.717) is 5.02 Å². The number of benzene rings is 1. The molecule has 102 valence electrons. The number of hydrogen-bond donors (Lipinski definition) is 0. The predicted octanol–water partition coefficient (Wildman–Crippen LogP) is 4.05. The molecule has 0 fully saturated rings. The molecule has 1 aromatic heterocycles. The number of sulfone groups is 1. The molecule has 0 radical (unpaired) electrons. The van der Waals surface area contributed by atoms with Crippen LogP contribution in [0.5, 0.6) is 0 Å². The first-order valence-corrected chi connectivity index (χ1v) is 8.30. The van der Waals surface area contributed by atoms with E-state index in [-0.39, 0.29) is 9.80 Å². The summed E-state index contributed by atoms with van der Waals surface area (Å²) in [5.74, 6) is 0. The Bertz CT molecular complexity index is 796. The van der Waals surface area contributed by atoms with Gasteiger partial charge in [0.1, 0.15) is 6.07 Å². The lowest BCUT2D eigenvalue weighted by Gasteiger charge is -2.02. The van der Waals surface area contributed by atoms with Crippen LogP contribution in [0.1, 0.15) is 9.75 Å². The number of nitriles is 1. The minimum Gasteiger partial charge on any atom is -0.218 e. The van der Waals surface area contributed by atoms with Crippen molar-refractivity contribution in [2.45, 2.75) is 11.8 Å². The summed E-state index contributed by atoms with van der Waals surface area (Å²) in [7, 11) is -3.81. The lowest BCUT2D eigenvalue weighted by atomic mass is 10.4. The van der Waals surface area contributed by atoms with E-state index in [1.54, 1.807) is 12.1 Å². The average molecular weight is 324 g/mol. The zero-order valence-electron chi connectivity index (χ0n) is 10.5. The summed E-state index contributed by atoms with van der Waals surface area (Å²) in [5.41, 5.74) is 0. The highest BCUT2D eigenvalue weighted by molar-refractivity contribution is 7.95. The van der Waals surface area contributed by atoms with Gasteiger partial charge in [0.2, 0.25) is 9.84 Å². The molecule has 2 rings (SSSR count). The van der Waals surface area contributed by atoms with Gasteiger partial charge >= 0.3 is 0 Å². The van der Waals surface area contributed by atoms with E-state index in [2.05, 4.69) is 0 Å². The molecule has 1 aromatic carbocycles. The number of hydrogen-bond acceptors (Lipinski definition) is 4. The van der Waals surface area contributed by atoms with Crippen molar-refractivity contribution >= 4 is 38.9 Å². The van der Waals surface area contributed by atoms with Crippen LogP contribution in [0.15, 0.2) is 46.2 Å². The molecule has 0 saturated carbocycles. The zero-order valence-corrected chi connectivity index (χ0v) is 12.9. The van der Waals surface area contributed by atoms with Gasteiger partial charge in [-0.2, -0.15) is 5.26 Å². The fourth-order valence-corrected chi connectivity index (χ4v) is 3.74. The van der Waals surface area contributed by atoms with Gasteiger partial charge in [0, 0.05) is 14.8 Å². The summed E-state index contributed by atoms with van der Waals surface area (Å²) in [6.07, 6.45) is 1.39. The van der Waals surface area contributed by atoms with Gasteiger partial charge in [-0.15, -0.1) is 11.3 Å². The maximum atomic E-state index is 12.4. The summed E-state index contributed by atoms with van der Waals surface area (Å²) in [6, 6.07) is 11.2. The number of rotatable bonds is 3. The van der Waals surface area contributed by atoms with Gasteiger partial charge in [-0.1, -0.05) is 11.6 Å². The summed E-state index contributed by atoms with van der Waals surface area (Å²) in [4.78, 5) is 1.57. The Morgan fingerprint density at radius 3 is 2.40 bits per heavy atom. The monoisotopic (exact) mass is 323 g/mol. The molecule has 0 aliphatic rings. The molecule has 0 atom stereocenters. The van der Waals surface area contributed by atoms with E-state index in [0.717, 1.165) is 9.75 Å². The van der Waals surface area contributed by atoms with Crippen molar-refractivity contribution in [3.63, 3.8) is 0 Å². The van der Waals surface area contributed by atoms with Crippen LogP contribution in [0.4, 0.5) is 0 Å². The molecule has 0 aliphatic carbocycles. The number of halogens is 1. The van der Waals surface area contributed by atoms with Gasteiger partial charge in [0.25, 0.3) is 0 Å². The van der Waals surface area contributed by atoms with Crippen LogP contribution in [-0.2, 0) is 9.84 Å². The van der Waals surface area contributed by atoms with E-state index >= 15 is 0 Å². The quantitative estimate of drug-likeness (QED) is 0.801. The van der Waals surface area contributed by atoms with E-state index in [1.165, 1.54) is 41.7 Å². The molecule has 0 spiro atoms. The van der Waals surface area contributed by atoms with Gasteiger partial charge in [-0.25, -0.2) is 8.42 Å². The van der Waals surface area contributed by atoms with Gasteiger partial charge in [0.05, 0.1) is 4.90 Å². The van der Waals surface area contributed by atoms with Crippen molar-refractivity contribution in [2.24, 2.45) is 0 Å². The third kappa shape index (κ3) is 3.10. The highest BCUT2D eigenvalue weighted by atomic mass is 35.5. The van der Waals surface area contributed by atoms with Gasteiger partial charge in [-0.05, 0) is 49.4 Å². The predicted molar refractivity (Wildman–Crippen MR) is 81.3 cm³/mol. The Hall–Kier alpha value is -1.61. The maximum Gasteiger partial charge on any atom is 0.216 e. The number of nitrogens with zero attached hydrogens (tertiary/aromatic N) is 1. The van der Waals surface area contributed by atoms with Gasteiger partial charge in [0.15, 0.2) is 4.91 Å². The third-order valence-corrected chi connectivity index (χ3v) is 5.44. The Morgan fingerprint density at radius 1 is 1.25 bits per heavy atom. The molecule has 0 N–H and O–H groups in total. The molecule has 2 aromatic rings. The second-order valence-electron chi connectivity index (χ2n) is 4.03. The number of thiophene rings is 1. The lowest BCUT2D eigenvalue weighted by molar-refractivity contribution is 0.603. The highest BCUT2D eigenvalue weighted by Crippen LogP contribution is 2.25. The molecule has 0 bridgehead atoms. The summed E-state index contributed by atoms with van der Waals surface area (Å²) in [6.45, 7) is 1.92. The SMILES string of the molecule is Cc1ccc(/C=C(\C#N)S(=O)(=O)c2ccc(Cl)cc2)s1. The van der Waals surface area contributed by atoms with Crippen molar-refractivity contribution in [3.05, 3.63) is 56.1 Å². The second-order valence-corrected chi connectivity index (χ2v) is 7.70. The Balaban J connectivity index is 2.48. The van der Waals surface area contributed by atoms with Gasteiger partial charge < -0.3 is 0 Å². The van der Waals surface area contributed by atoms with Crippen molar-refractivity contribution in [1.82, 2.24) is 0 Å². The maximum absolute atomic E-state index is 12.4. The molecular formula is C14H10ClNO2S2. The normalized spacial score (nSPS) is 12.2. The van der Waals surface area contributed by atoms with Crippen LogP contribution in [0.3, 0.4) is 0 Å². The minimum absolute atomic E-state index is 0.0583. The van der Waals surface area contributed by atoms with E-state index in [1.807, 2.05) is 13.0 Å². The largest absolute Gasteiger partial charge is 0.218 e. The molecule has 1 heterocycles. The minimum atomic E-state index is -3.81. The van der Waals surface area contributed by atoms with Crippen LogP contribution >= 0.6 is 22.9 Å². The average Bonchev–Trinajstić information content (AvgIpc) is 2.82. The van der Waals surface area contributed by atoms with Crippen molar-refractivity contribution < 1.29 is 8.42 Å². The molecule has 6 heteroatoms. The molecule has 3 nitrogen and oxygen atoms in total. The van der Waals surface area contributed by atoms with Crippen LogP contribution in [0, 0.1) is 18.3 Å². The summed E-state index contributed by atoms with van der Waals surface area (Å²) in [5, 5.41) is 9.57. The Labute approximate surface area is 126 Å². The van der Waals surface area contributed by atoms with E-state index in [4.69, 9.17) is 16.9 Å². The molecule has 0 unspecified atom stereocenters. The van der Waals surface area contributed by atoms with Crippen LogP contribution < -0.4 is 0 Å². The molecular weight excluding hydrogens is 314 g/mol. The fraction of sp³-hybridized carbons (Fsp3) is 0.0714. The first kappa shape index (κ1) is 14.8. The molecule has 0 aliphatic heterocycles. The lowest BCUT2D eigenvalue weighted by Crippen LogP contribution is -2.03. The molecule has 0 amide bonds. The Morgan fingerprint density at radius 2 is 1.90 bits per heavy atom. The zero-order chi connectivity index (χ0) is 14.8. The number of allylic oxidation sites excluding steroid dienone is 1. The van der Waals surface area contributed by atoms with Crippen LogP contribution in [-0.4, -0.2) is 8.42 Å². The molecule has 0 saturated heterocycles. The van der Waals surface area contributed by atoms with Crippen molar-refractivity contribution in [1.29, 1.82) is 5.26 Å². The fourth-order valence-electron chi connectivity index (χ4n) is 1.57. The molecule has 20 heavy (non-hydrogen) atoms. The van der Waals surface area contributed by atoms with Crippen molar-refractivity contribution in [2.75, 3.05) is 0 Å². The van der Waals surface area contributed by atoms with E-state index < -0.39 is 9.84 Å². The van der Waals surface area contributed by atoms with Crippen LogP contribution in [0.2, 0.25) is 5.02 Å². The topological polar surface area (TPSA) is 57.9 Å². The van der Waals surface area contributed by atoms with E-state index in [9.17, 15) is 8.42 Å². The van der Waals surface area contributed by atoms with Crippen molar-refractivity contribution in [3.8, 4) is 6.07 Å². The summed E-state index contributed by atoms with van der Waals surface area (Å²) >= 11 is 7.17. The second kappa shape index (κ2) is 5.80. The first-order valence-electron chi connectivity index (χ1n) is 5.62. The number of aryl methyl sites for hydroxylation is 1. The third-order valence-electron chi connectivity index (χ3n) is 2.56. The summed E-state index contributed by atoms with van der Waals surface area (Å²) < 4.78 is 24.7. The Kier molecular flexibility index (Phi) is 4.29.